The van der Waals surface area contributed by atoms with E-state index in [1.54, 1.807) is 6.08 Å². The molecule has 6 N–H and O–H groups in total. The topological polar surface area (TPSA) is 175 Å². The van der Waals surface area contributed by atoms with Gasteiger partial charge in [0.2, 0.25) is 5.91 Å². The fourth-order valence-electron chi connectivity index (χ4n) is 8.95. The number of nitrogens with one attached hydrogen (secondary N) is 1. The highest BCUT2D eigenvalue weighted by Crippen LogP contribution is 2.26. The van der Waals surface area contributed by atoms with Gasteiger partial charge in [0.25, 0.3) is 0 Å². The molecule has 8 unspecified atom stereocenters. The van der Waals surface area contributed by atoms with Crippen LogP contribution in [-0.4, -0.2) is 99.6 Å². The van der Waals surface area contributed by atoms with Crippen LogP contribution in [-0.2, 0) is 23.8 Å². The third kappa shape index (κ3) is 33.0. The molecule has 11 heteroatoms. The third-order valence-electron chi connectivity index (χ3n) is 13.4. The fourth-order valence-corrected chi connectivity index (χ4v) is 8.95. The number of carbonyl (C=O) groups is 2. The average molecular weight is 940 g/mol. The molecule has 0 aromatic rings. The molecule has 0 bridgehead atoms. The first kappa shape index (κ1) is 62.4. The van der Waals surface area contributed by atoms with E-state index in [0.717, 1.165) is 57.8 Å². The van der Waals surface area contributed by atoms with E-state index in [1.807, 2.05) is 6.08 Å². The van der Waals surface area contributed by atoms with Gasteiger partial charge in [-0.05, 0) is 25.7 Å². The van der Waals surface area contributed by atoms with Gasteiger partial charge in [-0.15, -0.1) is 0 Å². The van der Waals surface area contributed by atoms with Gasteiger partial charge in [-0.3, -0.25) is 9.59 Å². The van der Waals surface area contributed by atoms with Gasteiger partial charge in [0.05, 0.1) is 25.4 Å². The van der Waals surface area contributed by atoms with Crippen molar-refractivity contribution in [3.8, 4) is 0 Å². The molecule has 1 saturated heterocycles. The molecule has 0 aliphatic carbocycles. The predicted octanol–water partition coefficient (Wildman–Crippen LogP) is 12.0. The van der Waals surface area contributed by atoms with Crippen LogP contribution in [0.25, 0.3) is 0 Å². The van der Waals surface area contributed by atoms with E-state index in [1.165, 1.54) is 161 Å². The first-order valence-corrected chi connectivity index (χ1v) is 28.0. The summed E-state index contributed by atoms with van der Waals surface area (Å²) in [5.41, 5.74) is 0. The molecule has 11 nitrogen and oxygen atoms in total. The molecule has 1 rings (SSSR count). The molecule has 8 atom stereocenters. The summed E-state index contributed by atoms with van der Waals surface area (Å²) in [7, 11) is 0. The lowest BCUT2D eigenvalue weighted by Gasteiger charge is -2.41. The van der Waals surface area contributed by atoms with Crippen LogP contribution in [0.1, 0.15) is 265 Å². The van der Waals surface area contributed by atoms with Crippen LogP contribution in [0, 0.1) is 0 Å². The van der Waals surface area contributed by atoms with Crippen molar-refractivity contribution in [3.63, 3.8) is 0 Å². The number of aliphatic hydroxyl groups is 5. The molecule has 1 aliphatic heterocycles. The zero-order valence-corrected chi connectivity index (χ0v) is 42.8. The normalized spacial score (nSPS) is 20.2. The number of carbonyl (C=O) groups excluding carboxylic acids is 2. The van der Waals surface area contributed by atoms with E-state index in [4.69, 9.17) is 14.2 Å². The molecule has 1 fully saturated rings. The van der Waals surface area contributed by atoms with Crippen LogP contribution >= 0.6 is 0 Å². The van der Waals surface area contributed by atoms with Crippen molar-refractivity contribution in [3.05, 3.63) is 12.2 Å². The lowest BCUT2D eigenvalue weighted by Crippen LogP contribution is -2.61. The number of ether oxygens (including phenoxy) is 3. The first-order valence-electron chi connectivity index (χ1n) is 28.0. The van der Waals surface area contributed by atoms with Crippen molar-refractivity contribution < 1.29 is 49.3 Å². The maximum Gasteiger partial charge on any atom is 0.306 e. The summed E-state index contributed by atoms with van der Waals surface area (Å²) in [5.74, 6) is -1.18. The second kappa shape index (κ2) is 44.6. The van der Waals surface area contributed by atoms with Crippen LogP contribution in [0.5, 0.6) is 0 Å². The van der Waals surface area contributed by atoms with Crippen molar-refractivity contribution in [1.82, 2.24) is 5.32 Å². The second-order valence-corrected chi connectivity index (χ2v) is 19.7. The van der Waals surface area contributed by atoms with Gasteiger partial charge in [0, 0.05) is 6.42 Å². The lowest BCUT2D eigenvalue weighted by atomic mass is 9.99. The minimum absolute atomic E-state index is 0.130. The van der Waals surface area contributed by atoms with Crippen LogP contribution < -0.4 is 5.32 Å². The number of hydrogen-bond donors (Lipinski definition) is 6. The van der Waals surface area contributed by atoms with Crippen LogP contribution in [0.15, 0.2) is 12.2 Å². The van der Waals surface area contributed by atoms with Gasteiger partial charge in [-0.2, -0.15) is 0 Å². The monoisotopic (exact) mass is 940 g/mol. The van der Waals surface area contributed by atoms with Crippen molar-refractivity contribution in [1.29, 1.82) is 0 Å². The van der Waals surface area contributed by atoms with Gasteiger partial charge < -0.3 is 45.1 Å². The second-order valence-electron chi connectivity index (χ2n) is 19.7. The largest absolute Gasteiger partial charge is 0.454 e. The van der Waals surface area contributed by atoms with Crippen molar-refractivity contribution in [2.24, 2.45) is 0 Å². The molecular formula is C55H105NO10. The van der Waals surface area contributed by atoms with E-state index in [9.17, 15) is 35.1 Å². The standard InChI is InChI=1S/C55H105NO10/c1-4-7-10-13-16-19-22-24-27-29-32-35-38-41-47(58)46(56-54(63)48(59)42-39-36-33-30-28-25-23-20-17-14-11-8-5-2)45-64-55-53(52(62)51(61)49(44-57)65-55)66-50(60)43-40-37-34-31-26-21-18-15-12-9-6-3/h38,41,46-49,51-53,55,57-59,61-62H,4-37,39-40,42-45H2,1-3H3,(H,56,63)/b41-38+. The summed E-state index contributed by atoms with van der Waals surface area (Å²) in [4.78, 5) is 26.4. The lowest BCUT2D eigenvalue weighted by molar-refractivity contribution is -0.305. The molecule has 390 valence electrons. The van der Waals surface area contributed by atoms with Gasteiger partial charge in [0.15, 0.2) is 12.4 Å². The Morgan fingerprint density at radius 1 is 0.576 bits per heavy atom. The first-order chi connectivity index (χ1) is 32.2. The minimum atomic E-state index is -1.60. The van der Waals surface area contributed by atoms with E-state index in [0.29, 0.717) is 19.3 Å². The highest BCUT2D eigenvalue weighted by molar-refractivity contribution is 5.80. The number of unbranched alkanes of at least 4 members (excludes halogenated alkanes) is 33. The number of rotatable bonds is 47. The summed E-state index contributed by atoms with van der Waals surface area (Å²) in [5, 5.41) is 56.7. The quantitative estimate of drug-likeness (QED) is 0.0196. The van der Waals surface area contributed by atoms with Crippen molar-refractivity contribution in [2.75, 3.05) is 13.2 Å². The third-order valence-corrected chi connectivity index (χ3v) is 13.4. The SMILES string of the molecule is CCCCCCCCCCCCC/C=C/C(O)C(COC1OC(CO)C(O)C(O)C1OC(=O)CCCCCCCCCCCCC)NC(=O)C(O)CCCCCCCCCCCCCCC. The summed E-state index contributed by atoms with van der Waals surface area (Å²) in [6.45, 7) is 5.78. The van der Waals surface area contributed by atoms with Crippen LogP contribution in [0.3, 0.4) is 0 Å². The number of esters is 1. The smallest absolute Gasteiger partial charge is 0.306 e. The van der Waals surface area contributed by atoms with E-state index >= 15 is 0 Å². The molecule has 1 heterocycles. The van der Waals surface area contributed by atoms with Crippen molar-refractivity contribution >= 4 is 11.9 Å². The van der Waals surface area contributed by atoms with Gasteiger partial charge >= 0.3 is 5.97 Å². The number of amides is 1. The molecular weight excluding hydrogens is 835 g/mol. The Morgan fingerprint density at radius 2 is 0.985 bits per heavy atom. The molecule has 1 amide bonds. The van der Waals surface area contributed by atoms with Gasteiger partial charge in [0.1, 0.15) is 24.4 Å². The fraction of sp³-hybridized carbons (Fsp3) is 0.927. The molecule has 0 aromatic heterocycles. The number of allylic oxidation sites excluding steroid dienone is 1. The Morgan fingerprint density at radius 3 is 1.42 bits per heavy atom. The minimum Gasteiger partial charge on any atom is -0.454 e. The average Bonchev–Trinajstić information content (AvgIpc) is 3.31. The zero-order valence-electron chi connectivity index (χ0n) is 42.8. The molecule has 0 spiro atoms. The number of aliphatic hydroxyl groups excluding tert-OH is 5. The molecule has 0 saturated carbocycles. The molecule has 66 heavy (non-hydrogen) atoms. The van der Waals surface area contributed by atoms with E-state index in [-0.39, 0.29) is 13.0 Å². The van der Waals surface area contributed by atoms with Crippen molar-refractivity contribution in [2.45, 2.75) is 314 Å². The number of hydrogen-bond acceptors (Lipinski definition) is 10. The van der Waals surface area contributed by atoms with Gasteiger partial charge in [-0.1, -0.05) is 245 Å². The summed E-state index contributed by atoms with van der Waals surface area (Å²) in [6.07, 6.45) is 36.9. The molecule has 0 radical (unpaired) electrons. The summed E-state index contributed by atoms with van der Waals surface area (Å²) < 4.78 is 17.5. The van der Waals surface area contributed by atoms with E-state index < -0.39 is 67.4 Å². The Kier molecular flexibility index (Phi) is 42.2. The Hall–Kier alpha value is -1.60. The maximum absolute atomic E-state index is 13.3. The van der Waals surface area contributed by atoms with Gasteiger partial charge in [-0.25, -0.2) is 0 Å². The highest BCUT2D eigenvalue weighted by Gasteiger charge is 2.47. The molecule has 0 aromatic carbocycles. The summed E-state index contributed by atoms with van der Waals surface area (Å²) in [6, 6.07) is -1.01. The maximum atomic E-state index is 13.3. The molecule has 1 aliphatic rings. The highest BCUT2D eigenvalue weighted by atomic mass is 16.7. The Balaban J connectivity index is 2.76. The summed E-state index contributed by atoms with van der Waals surface area (Å²) >= 11 is 0. The van der Waals surface area contributed by atoms with Crippen LogP contribution in [0.2, 0.25) is 0 Å². The Bertz CT molecular complexity index is 1130. The zero-order chi connectivity index (χ0) is 48.3. The Labute approximate surface area is 404 Å². The van der Waals surface area contributed by atoms with E-state index in [2.05, 4.69) is 26.1 Å². The predicted molar refractivity (Wildman–Crippen MR) is 269 cm³/mol. The van der Waals surface area contributed by atoms with Crippen LogP contribution in [0.4, 0.5) is 0 Å².